The fourth-order valence-electron chi connectivity index (χ4n) is 6.65. The van der Waals surface area contributed by atoms with Gasteiger partial charge in [0.1, 0.15) is 0 Å². The van der Waals surface area contributed by atoms with Crippen LogP contribution in [0.1, 0.15) is 31.7 Å². The van der Waals surface area contributed by atoms with Crippen LogP contribution in [-0.4, -0.2) is 42.6 Å². The van der Waals surface area contributed by atoms with Crippen molar-refractivity contribution in [3.8, 4) is 0 Å². The van der Waals surface area contributed by atoms with Crippen molar-refractivity contribution in [1.29, 1.82) is 0 Å². The topological polar surface area (TPSA) is 32.8 Å². The Bertz CT molecular complexity index is 734. The molecule has 5 unspecified atom stereocenters. The van der Waals surface area contributed by atoms with Crippen molar-refractivity contribution in [2.45, 2.75) is 43.9 Å². The third kappa shape index (κ3) is 1.39. The van der Waals surface area contributed by atoms with Crippen molar-refractivity contribution in [3.05, 3.63) is 29.8 Å². The summed E-state index contributed by atoms with van der Waals surface area (Å²) in [5.74, 6) is 2.05. The summed E-state index contributed by atoms with van der Waals surface area (Å²) in [6.45, 7) is 5.59. The zero-order valence-corrected chi connectivity index (χ0v) is 14.1. The standard InChI is InChI=1S/C20H24N2O2/c1-12-13-6-9-24-16-10-17(23)22-15-5-3-2-4-14(15)20(19(22)18(12)16)7-8-21(20)11-13/h2-5,12-13,16,18-19H,6-11H2,1H3/t12?,13?,16?,18?,19?,20-/m0/s1. The number of anilines is 1. The number of para-hydroxylation sites is 1. The summed E-state index contributed by atoms with van der Waals surface area (Å²) in [6, 6.07) is 8.93. The number of nitrogens with zero attached hydrogens (tertiary/aromatic N) is 2. The molecule has 1 amide bonds. The molecule has 6 atom stereocenters. The predicted molar refractivity (Wildman–Crippen MR) is 90.7 cm³/mol. The molecule has 1 aromatic rings. The van der Waals surface area contributed by atoms with Crippen molar-refractivity contribution in [1.82, 2.24) is 4.90 Å². The maximum atomic E-state index is 13.1. The van der Waals surface area contributed by atoms with Crippen LogP contribution >= 0.6 is 0 Å². The number of hydrogen-bond acceptors (Lipinski definition) is 3. The highest BCUT2D eigenvalue weighted by Gasteiger charge is 2.68. The highest BCUT2D eigenvalue weighted by Crippen LogP contribution is 2.62. The lowest BCUT2D eigenvalue weighted by Crippen LogP contribution is -2.69. The van der Waals surface area contributed by atoms with Crippen molar-refractivity contribution in [2.75, 3.05) is 24.6 Å². The summed E-state index contributed by atoms with van der Waals surface area (Å²) in [4.78, 5) is 18.0. The van der Waals surface area contributed by atoms with Gasteiger partial charge in [0, 0.05) is 31.3 Å². The van der Waals surface area contributed by atoms with E-state index in [0.717, 1.165) is 13.0 Å². The highest BCUT2D eigenvalue weighted by atomic mass is 16.5. The first kappa shape index (κ1) is 13.9. The Kier molecular flexibility index (Phi) is 2.55. The van der Waals surface area contributed by atoms with Crippen LogP contribution < -0.4 is 4.90 Å². The summed E-state index contributed by atoms with van der Waals surface area (Å²) in [5.41, 5.74) is 2.62. The van der Waals surface area contributed by atoms with Gasteiger partial charge in [-0.05, 0) is 36.3 Å². The van der Waals surface area contributed by atoms with E-state index in [9.17, 15) is 4.79 Å². The number of benzene rings is 1. The number of amides is 1. The molecule has 5 heterocycles. The van der Waals surface area contributed by atoms with E-state index in [1.165, 1.54) is 30.8 Å². The quantitative estimate of drug-likeness (QED) is 0.734. The highest BCUT2D eigenvalue weighted by molar-refractivity contribution is 5.98. The zero-order chi connectivity index (χ0) is 16.1. The Morgan fingerprint density at radius 1 is 1.29 bits per heavy atom. The van der Waals surface area contributed by atoms with Gasteiger partial charge in [0.15, 0.2) is 0 Å². The molecule has 1 aromatic carbocycles. The van der Waals surface area contributed by atoms with Gasteiger partial charge in [-0.3, -0.25) is 9.69 Å². The summed E-state index contributed by atoms with van der Waals surface area (Å²) < 4.78 is 6.25. The lowest BCUT2D eigenvalue weighted by molar-refractivity contribution is -0.134. The Balaban J connectivity index is 1.63. The number of ether oxygens (including phenoxy) is 1. The average Bonchev–Trinajstić information content (AvgIpc) is 2.77. The van der Waals surface area contributed by atoms with E-state index in [1.54, 1.807) is 0 Å². The van der Waals surface area contributed by atoms with Crippen LogP contribution in [0.15, 0.2) is 24.3 Å². The van der Waals surface area contributed by atoms with Gasteiger partial charge < -0.3 is 9.64 Å². The summed E-state index contributed by atoms with van der Waals surface area (Å²) in [5, 5.41) is 0. The fourth-order valence-corrected chi connectivity index (χ4v) is 6.65. The van der Waals surface area contributed by atoms with Gasteiger partial charge >= 0.3 is 0 Å². The average molecular weight is 324 g/mol. The number of carbonyl (C=O) groups is 1. The Hall–Kier alpha value is -1.39. The van der Waals surface area contributed by atoms with Crippen LogP contribution in [0.2, 0.25) is 0 Å². The Morgan fingerprint density at radius 3 is 3.00 bits per heavy atom. The summed E-state index contributed by atoms with van der Waals surface area (Å²) in [6.07, 6.45) is 3.00. The normalized spacial score (nSPS) is 45.8. The zero-order valence-electron chi connectivity index (χ0n) is 14.1. The van der Waals surface area contributed by atoms with Crippen molar-refractivity contribution >= 4 is 11.6 Å². The van der Waals surface area contributed by atoms with Crippen LogP contribution in [-0.2, 0) is 15.1 Å². The fraction of sp³-hybridized carbons (Fsp3) is 0.650. The van der Waals surface area contributed by atoms with Crippen molar-refractivity contribution in [2.24, 2.45) is 17.8 Å². The first-order valence-corrected chi connectivity index (χ1v) is 9.50. The number of hydrogen-bond donors (Lipinski definition) is 0. The van der Waals surface area contributed by atoms with Crippen LogP contribution in [0.3, 0.4) is 0 Å². The molecule has 6 rings (SSSR count). The molecule has 4 heteroatoms. The molecule has 0 N–H and O–H groups in total. The molecule has 5 aliphatic rings. The maximum Gasteiger partial charge on any atom is 0.229 e. The molecule has 0 saturated carbocycles. The number of carbonyl (C=O) groups excluding carboxylic acids is 1. The van der Waals surface area contributed by atoms with Crippen LogP contribution in [0.4, 0.5) is 5.69 Å². The van der Waals surface area contributed by atoms with Crippen LogP contribution in [0, 0.1) is 17.8 Å². The first-order valence-electron chi connectivity index (χ1n) is 9.50. The second-order valence-corrected chi connectivity index (χ2v) is 8.44. The van der Waals surface area contributed by atoms with Crippen LogP contribution in [0.25, 0.3) is 0 Å². The molecule has 0 aliphatic carbocycles. The second kappa shape index (κ2) is 4.41. The van der Waals surface area contributed by atoms with E-state index in [2.05, 4.69) is 41.0 Å². The molecule has 2 bridgehead atoms. The number of piperidine rings is 1. The molecule has 5 aliphatic heterocycles. The van der Waals surface area contributed by atoms with E-state index in [1.807, 2.05) is 0 Å². The molecule has 0 aromatic heterocycles. The van der Waals surface area contributed by atoms with Gasteiger partial charge in [0.05, 0.1) is 24.1 Å². The van der Waals surface area contributed by atoms with Gasteiger partial charge in [0.25, 0.3) is 0 Å². The SMILES string of the molecule is CC1C2CCOC3CC(=O)N4c5ccccc5[C@@]5(CCN5C2)C4C31. The predicted octanol–water partition coefficient (Wildman–Crippen LogP) is 2.38. The molecule has 24 heavy (non-hydrogen) atoms. The third-order valence-electron chi connectivity index (χ3n) is 7.79. The first-order chi connectivity index (χ1) is 11.7. The molecular weight excluding hydrogens is 300 g/mol. The van der Waals surface area contributed by atoms with E-state index in [0.29, 0.717) is 24.2 Å². The largest absolute Gasteiger partial charge is 0.377 e. The lowest BCUT2D eigenvalue weighted by atomic mass is 9.66. The summed E-state index contributed by atoms with van der Waals surface area (Å²) in [7, 11) is 0. The Labute approximate surface area is 142 Å². The monoisotopic (exact) mass is 324 g/mol. The number of fused-ring (bicyclic) bond motifs is 3. The molecule has 4 saturated heterocycles. The molecule has 0 radical (unpaired) electrons. The van der Waals surface area contributed by atoms with E-state index >= 15 is 0 Å². The van der Waals surface area contributed by atoms with Gasteiger partial charge in [-0.25, -0.2) is 0 Å². The molecular formula is C20H24N2O2. The summed E-state index contributed by atoms with van der Waals surface area (Å²) >= 11 is 0. The third-order valence-corrected chi connectivity index (χ3v) is 7.79. The van der Waals surface area contributed by atoms with E-state index in [4.69, 9.17) is 4.74 Å². The van der Waals surface area contributed by atoms with Crippen LogP contribution in [0.5, 0.6) is 0 Å². The van der Waals surface area contributed by atoms with Gasteiger partial charge in [0.2, 0.25) is 5.91 Å². The van der Waals surface area contributed by atoms with Gasteiger partial charge in [-0.2, -0.15) is 0 Å². The van der Waals surface area contributed by atoms with Crippen molar-refractivity contribution in [3.63, 3.8) is 0 Å². The minimum atomic E-state index is 0.0549. The van der Waals surface area contributed by atoms with E-state index in [-0.39, 0.29) is 23.6 Å². The Morgan fingerprint density at radius 2 is 2.17 bits per heavy atom. The van der Waals surface area contributed by atoms with E-state index < -0.39 is 0 Å². The molecule has 126 valence electrons. The van der Waals surface area contributed by atoms with Crippen molar-refractivity contribution < 1.29 is 9.53 Å². The maximum absolute atomic E-state index is 13.1. The molecule has 4 nitrogen and oxygen atoms in total. The van der Waals surface area contributed by atoms with Gasteiger partial charge in [-0.1, -0.05) is 25.1 Å². The smallest absolute Gasteiger partial charge is 0.229 e. The minimum absolute atomic E-state index is 0.0549. The molecule has 4 fully saturated rings. The second-order valence-electron chi connectivity index (χ2n) is 8.44. The molecule has 1 spiro atoms. The van der Waals surface area contributed by atoms with Gasteiger partial charge in [-0.15, -0.1) is 0 Å². The minimum Gasteiger partial charge on any atom is -0.377 e. The number of rotatable bonds is 0. The lowest BCUT2D eigenvalue weighted by Gasteiger charge is -2.57.